The Bertz CT molecular complexity index is 10.8. The fourth-order valence-electron chi connectivity index (χ4n) is 0. The van der Waals surface area contributed by atoms with Gasteiger partial charge in [0, 0.05) is 21.1 Å². The molecule has 0 aromatic rings. The van der Waals surface area contributed by atoms with Gasteiger partial charge in [-0.15, -0.1) is 0 Å². The van der Waals surface area contributed by atoms with Crippen LogP contribution in [0.25, 0.3) is 0 Å². The Hall–Kier alpha value is 0.298. The number of allylic oxidation sites excluding steroid dienone is 1. The van der Waals surface area contributed by atoms with Gasteiger partial charge in [-0.3, -0.25) is 0 Å². The van der Waals surface area contributed by atoms with Crippen molar-refractivity contribution >= 4 is 0 Å². The molecule has 0 heterocycles. The first-order valence-electron chi connectivity index (χ1n) is 0.816. The van der Waals surface area contributed by atoms with Gasteiger partial charge in [0.25, 0.3) is 0 Å². The van der Waals surface area contributed by atoms with Gasteiger partial charge in [0.05, 0.1) is 0 Å². The van der Waals surface area contributed by atoms with Crippen molar-refractivity contribution in [1.82, 2.24) is 0 Å². The first-order chi connectivity index (χ1) is 1.41. The zero-order valence-electron chi connectivity index (χ0n) is 2.31. The number of hydrogen-bond acceptors (Lipinski definition) is 0. The molecular weight excluding hydrogens is 231 g/mol. The number of hydrogen-bond donors (Lipinski definition) is 0. The summed E-state index contributed by atoms with van der Waals surface area (Å²) in [6, 6.07) is 0. The Kier molecular flexibility index (Phi) is 22.9. The summed E-state index contributed by atoms with van der Waals surface area (Å²) in [5.74, 6) is 0. The molecule has 0 aliphatic heterocycles. The van der Waals surface area contributed by atoms with Gasteiger partial charge < -0.3 is 0 Å². The normalized spacial score (nSPS) is 3.00. The smallest absolute Gasteiger partial charge is 0 e. The third-order valence-corrected chi connectivity index (χ3v) is 0. The molecular formula is C3H5Pt-. The van der Waals surface area contributed by atoms with Gasteiger partial charge in [-0.1, -0.05) is 0 Å². The van der Waals surface area contributed by atoms with Gasteiger partial charge >= 0.3 is 0 Å². The van der Waals surface area contributed by atoms with E-state index < -0.39 is 0 Å². The minimum Gasteiger partial charge on any atom is -0.245 e. The van der Waals surface area contributed by atoms with Crippen molar-refractivity contribution in [2.24, 2.45) is 0 Å². The van der Waals surface area contributed by atoms with Gasteiger partial charge in [0.15, 0.2) is 0 Å². The van der Waals surface area contributed by atoms with E-state index in [9.17, 15) is 0 Å². The Morgan fingerprint density at radius 1 is 1.75 bits per heavy atom. The predicted molar refractivity (Wildman–Crippen MR) is 15.6 cm³/mol. The van der Waals surface area contributed by atoms with Crippen LogP contribution in [0.1, 0.15) is 0 Å². The first kappa shape index (κ1) is 8.85. The van der Waals surface area contributed by atoms with Crippen LogP contribution in [-0.2, 0) is 21.1 Å². The second-order valence-electron chi connectivity index (χ2n) is 0.289. The summed E-state index contributed by atoms with van der Waals surface area (Å²) in [6.45, 7) is 6.50. The molecule has 0 radical (unpaired) electrons. The van der Waals surface area contributed by atoms with Crippen LogP contribution in [-0.4, -0.2) is 0 Å². The average molecular weight is 236 g/mol. The van der Waals surface area contributed by atoms with Gasteiger partial charge in [-0.25, -0.2) is 19.6 Å². The molecule has 4 heavy (non-hydrogen) atoms. The predicted octanol–water partition coefficient (Wildman–Crippen LogP) is 1.00. The minimum absolute atomic E-state index is 0. The molecule has 0 atom stereocenters. The Labute approximate surface area is 41.2 Å². The molecule has 0 rings (SSSR count). The van der Waals surface area contributed by atoms with Crippen LogP contribution in [0, 0.1) is 6.92 Å². The molecule has 0 aromatic heterocycles. The SMILES string of the molecule is C=C[CH2-].[Pt]. The van der Waals surface area contributed by atoms with E-state index in [1.165, 1.54) is 6.08 Å². The Morgan fingerprint density at radius 3 is 1.75 bits per heavy atom. The topological polar surface area (TPSA) is 0 Å². The van der Waals surface area contributed by atoms with E-state index in [-0.39, 0.29) is 21.1 Å². The van der Waals surface area contributed by atoms with Gasteiger partial charge in [0.2, 0.25) is 0 Å². The van der Waals surface area contributed by atoms with Gasteiger partial charge in [-0.05, 0) is 0 Å². The van der Waals surface area contributed by atoms with Crippen LogP contribution >= 0.6 is 0 Å². The molecule has 0 saturated carbocycles. The average Bonchev–Trinajstić information content (AvgIpc) is 0.918. The van der Waals surface area contributed by atoms with Crippen molar-refractivity contribution in [2.75, 3.05) is 0 Å². The largest absolute Gasteiger partial charge is 0.245 e. The Morgan fingerprint density at radius 2 is 1.75 bits per heavy atom. The fourth-order valence-corrected chi connectivity index (χ4v) is 0. The monoisotopic (exact) mass is 236 g/mol. The summed E-state index contributed by atoms with van der Waals surface area (Å²) in [6.07, 6.45) is 1.50. The first-order valence-corrected chi connectivity index (χ1v) is 0.816. The van der Waals surface area contributed by atoms with Crippen LogP contribution < -0.4 is 0 Å². The van der Waals surface area contributed by atoms with E-state index in [4.69, 9.17) is 0 Å². The maximum Gasteiger partial charge on any atom is 0 e. The molecule has 0 aliphatic carbocycles. The van der Waals surface area contributed by atoms with E-state index in [0.717, 1.165) is 0 Å². The zero-order chi connectivity index (χ0) is 2.71. The second-order valence-corrected chi connectivity index (χ2v) is 0.289. The summed E-state index contributed by atoms with van der Waals surface area (Å²) >= 11 is 0. The van der Waals surface area contributed by atoms with E-state index in [1.807, 2.05) is 0 Å². The van der Waals surface area contributed by atoms with Crippen LogP contribution in [0.5, 0.6) is 0 Å². The third kappa shape index (κ3) is 43.5. The van der Waals surface area contributed by atoms with Crippen molar-refractivity contribution in [3.05, 3.63) is 19.6 Å². The van der Waals surface area contributed by atoms with Crippen molar-refractivity contribution in [3.8, 4) is 0 Å². The van der Waals surface area contributed by atoms with Gasteiger partial charge in [0.1, 0.15) is 0 Å². The molecule has 0 aromatic carbocycles. The molecule has 0 N–H and O–H groups in total. The summed E-state index contributed by atoms with van der Waals surface area (Å²) in [5.41, 5.74) is 0. The molecule has 0 saturated heterocycles. The van der Waals surface area contributed by atoms with Crippen molar-refractivity contribution in [3.63, 3.8) is 0 Å². The quantitative estimate of drug-likeness (QED) is 0.550. The van der Waals surface area contributed by atoms with E-state index >= 15 is 0 Å². The molecule has 0 nitrogen and oxygen atoms in total. The zero-order valence-corrected chi connectivity index (χ0v) is 4.58. The van der Waals surface area contributed by atoms with Gasteiger partial charge in [-0.2, -0.15) is 0 Å². The summed E-state index contributed by atoms with van der Waals surface area (Å²) < 4.78 is 0. The summed E-state index contributed by atoms with van der Waals surface area (Å²) in [7, 11) is 0. The second kappa shape index (κ2) is 10.3. The molecule has 0 bridgehead atoms. The Balaban J connectivity index is 0. The standard InChI is InChI=1S/C3H5.Pt/c1-3-2;/h3H,1-2H2;/q-1;. The maximum absolute atomic E-state index is 3.25. The number of rotatable bonds is 0. The molecule has 0 fully saturated rings. The van der Waals surface area contributed by atoms with E-state index in [0.29, 0.717) is 0 Å². The molecule has 0 spiro atoms. The summed E-state index contributed by atoms with van der Waals surface area (Å²) in [4.78, 5) is 0. The molecule has 28 valence electrons. The van der Waals surface area contributed by atoms with E-state index in [1.54, 1.807) is 0 Å². The summed E-state index contributed by atoms with van der Waals surface area (Å²) in [5, 5.41) is 0. The third-order valence-electron chi connectivity index (χ3n) is 0. The van der Waals surface area contributed by atoms with Crippen LogP contribution in [0.15, 0.2) is 12.7 Å². The van der Waals surface area contributed by atoms with Crippen molar-refractivity contribution < 1.29 is 21.1 Å². The molecule has 0 unspecified atom stereocenters. The van der Waals surface area contributed by atoms with Crippen molar-refractivity contribution in [1.29, 1.82) is 0 Å². The molecule has 0 aliphatic rings. The van der Waals surface area contributed by atoms with Crippen LogP contribution in [0.4, 0.5) is 0 Å². The van der Waals surface area contributed by atoms with Crippen LogP contribution in [0.2, 0.25) is 0 Å². The van der Waals surface area contributed by atoms with Crippen molar-refractivity contribution in [2.45, 2.75) is 0 Å². The minimum atomic E-state index is 0. The molecule has 0 amide bonds. The van der Waals surface area contributed by atoms with Crippen LogP contribution in [0.3, 0.4) is 0 Å². The fraction of sp³-hybridized carbons (Fsp3) is 0. The maximum atomic E-state index is 3.25. The van der Waals surface area contributed by atoms with E-state index in [2.05, 4.69) is 13.5 Å². The molecule has 1 heteroatoms.